The molecule has 1 aliphatic carbocycles. The van der Waals surface area contributed by atoms with Crippen LogP contribution < -0.4 is 15.4 Å². The highest BCUT2D eigenvalue weighted by Crippen LogP contribution is 2.49. The first-order valence-corrected chi connectivity index (χ1v) is 14.8. The number of fused-ring (bicyclic) bond motifs is 1. The number of carbonyl (C=O) groups excluding carboxylic acids is 2. The largest absolute Gasteiger partial charge is 0.489 e. The molecule has 11 heteroatoms. The average Bonchev–Trinajstić information content (AvgIpc) is 3.76. The summed E-state index contributed by atoms with van der Waals surface area (Å²) in [6, 6.07) is 4.93. The Labute approximate surface area is 246 Å². The lowest BCUT2D eigenvalue weighted by Crippen LogP contribution is -2.48. The number of Topliss-reactive ketones (excluding diaryl/α,β-unsaturated/α-hetero) is 1. The summed E-state index contributed by atoms with van der Waals surface area (Å²) in [5.41, 5.74) is 1.92. The molecule has 5 rings (SSSR count). The van der Waals surface area contributed by atoms with E-state index in [9.17, 15) is 14.4 Å². The molecule has 11 nitrogen and oxygen atoms in total. The lowest BCUT2D eigenvalue weighted by molar-refractivity contribution is -0.139. The zero-order valence-electron chi connectivity index (χ0n) is 24.9. The number of allylic oxidation sites excluding steroid dienone is 1. The van der Waals surface area contributed by atoms with Crippen molar-refractivity contribution < 1.29 is 38.4 Å². The first-order valence-electron chi connectivity index (χ1n) is 14.8. The third-order valence-corrected chi connectivity index (χ3v) is 8.52. The maximum absolute atomic E-state index is 12.3. The number of aliphatic carboxylic acids is 1. The Morgan fingerprint density at radius 2 is 2.02 bits per heavy atom. The first-order chi connectivity index (χ1) is 19.9. The van der Waals surface area contributed by atoms with Gasteiger partial charge in [0.1, 0.15) is 18.4 Å². The SMILES string of the molecule is CC(=O)C(NC(=O)OCC1(CC=CCOc2cccc3c2CN(C2OC2OC2CNC(C(=O)O)C2)C3)CC1)C(C)(C)C. The normalized spacial score (nSPS) is 27.0. The van der Waals surface area contributed by atoms with Gasteiger partial charge < -0.3 is 34.7 Å². The second-order valence-electron chi connectivity index (χ2n) is 13.1. The van der Waals surface area contributed by atoms with Crippen molar-refractivity contribution in [2.45, 2.75) is 97.2 Å². The Bertz CT molecular complexity index is 1210. The monoisotopic (exact) mass is 585 g/mol. The molecule has 2 saturated heterocycles. The number of amides is 1. The van der Waals surface area contributed by atoms with E-state index in [1.54, 1.807) is 0 Å². The zero-order valence-corrected chi connectivity index (χ0v) is 24.9. The van der Waals surface area contributed by atoms with Crippen molar-refractivity contribution in [3.63, 3.8) is 0 Å². The molecule has 3 fully saturated rings. The van der Waals surface area contributed by atoms with Crippen LogP contribution in [-0.4, -0.2) is 78.3 Å². The number of ketones is 1. The number of hydrogen-bond acceptors (Lipinski definition) is 9. The van der Waals surface area contributed by atoms with Crippen molar-refractivity contribution in [3.05, 3.63) is 41.5 Å². The van der Waals surface area contributed by atoms with Crippen LogP contribution in [0.2, 0.25) is 0 Å². The zero-order chi connectivity index (χ0) is 30.1. The van der Waals surface area contributed by atoms with E-state index >= 15 is 0 Å². The highest BCUT2D eigenvalue weighted by atomic mass is 16.8. The van der Waals surface area contributed by atoms with Gasteiger partial charge in [-0.15, -0.1) is 0 Å². The van der Waals surface area contributed by atoms with Crippen LogP contribution in [0.5, 0.6) is 5.75 Å². The summed E-state index contributed by atoms with van der Waals surface area (Å²) in [7, 11) is 0. The molecule has 3 heterocycles. The van der Waals surface area contributed by atoms with Crippen LogP contribution in [0, 0.1) is 10.8 Å². The molecule has 3 aliphatic heterocycles. The highest BCUT2D eigenvalue weighted by Gasteiger charge is 2.49. The molecule has 42 heavy (non-hydrogen) atoms. The number of nitrogens with zero attached hydrogens (tertiary/aromatic N) is 1. The molecule has 0 radical (unpaired) electrons. The lowest BCUT2D eigenvalue weighted by atomic mass is 9.85. The molecule has 230 valence electrons. The van der Waals surface area contributed by atoms with Gasteiger partial charge in [-0.1, -0.05) is 45.1 Å². The van der Waals surface area contributed by atoms with Crippen LogP contribution in [0.3, 0.4) is 0 Å². The minimum atomic E-state index is -0.853. The molecule has 0 bridgehead atoms. The maximum Gasteiger partial charge on any atom is 0.407 e. The summed E-state index contributed by atoms with van der Waals surface area (Å²) in [5.74, 6) is -0.0931. The molecule has 4 aliphatic rings. The van der Waals surface area contributed by atoms with Crippen LogP contribution in [0.25, 0.3) is 0 Å². The molecule has 1 aromatic carbocycles. The van der Waals surface area contributed by atoms with Gasteiger partial charge in [0.2, 0.25) is 0 Å². The Balaban J connectivity index is 1.03. The average molecular weight is 586 g/mol. The number of hydrogen-bond donors (Lipinski definition) is 3. The van der Waals surface area contributed by atoms with Crippen molar-refractivity contribution in [1.29, 1.82) is 0 Å². The molecule has 0 aromatic heterocycles. The highest BCUT2D eigenvalue weighted by molar-refractivity contribution is 5.86. The first kappa shape index (κ1) is 30.5. The predicted octanol–water partition coefficient (Wildman–Crippen LogP) is 3.35. The third-order valence-electron chi connectivity index (χ3n) is 8.52. The van der Waals surface area contributed by atoms with E-state index in [2.05, 4.69) is 27.7 Å². The summed E-state index contributed by atoms with van der Waals surface area (Å²) in [6.45, 7) is 9.93. The van der Waals surface area contributed by atoms with E-state index in [1.165, 1.54) is 12.5 Å². The summed E-state index contributed by atoms with van der Waals surface area (Å²) in [5, 5.41) is 14.8. The number of rotatable bonds is 13. The topological polar surface area (TPSA) is 139 Å². The number of carboxylic acid groups (broad SMARTS) is 1. The Morgan fingerprint density at radius 1 is 1.24 bits per heavy atom. The summed E-state index contributed by atoms with van der Waals surface area (Å²) in [4.78, 5) is 37.6. The second-order valence-corrected chi connectivity index (χ2v) is 13.1. The summed E-state index contributed by atoms with van der Waals surface area (Å²) < 4.78 is 23.4. The number of epoxide rings is 1. The van der Waals surface area contributed by atoms with Gasteiger partial charge in [0.25, 0.3) is 0 Å². The van der Waals surface area contributed by atoms with Gasteiger partial charge in [-0.3, -0.25) is 14.5 Å². The minimum absolute atomic E-state index is 0.0399. The van der Waals surface area contributed by atoms with Crippen molar-refractivity contribution in [1.82, 2.24) is 15.5 Å². The maximum atomic E-state index is 12.3. The van der Waals surface area contributed by atoms with Gasteiger partial charge in [0.05, 0.1) is 18.8 Å². The van der Waals surface area contributed by atoms with Crippen molar-refractivity contribution in [3.8, 4) is 5.75 Å². The van der Waals surface area contributed by atoms with Gasteiger partial charge in [-0.25, -0.2) is 4.79 Å². The van der Waals surface area contributed by atoms with Gasteiger partial charge in [-0.05, 0) is 43.2 Å². The van der Waals surface area contributed by atoms with Crippen LogP contribution in [0.4, 0.5) is 4.79 Å². The molecule has 0 spiro atoms. The Hall–Kier alpha value is -2.99. The molecule has 5 unspecified atom stereocenters. The number of alkyl carbamates (subject to hydrolysis) is 1. The van der Waals surface area contributed by atoms with Crippen LogP contribution >= 0.6 is 0 Å². The fourth-order valence-corrected chi connectivity index (χ4v) is 5.80. The van der Waals surface area contributed by atoms with Gasteiger partial charge >= 0.3 is 12.1 Å². The number of carboxylic acids is 1. The number of carbonyl (C=O) groups is 3. The Morgan fingerprint density at radius 3 is 2.69 bits per heavy atom. The number of nitrogens with one attached hydrogen (secondary N) is 2. The molecule has 1 aromatic rings. The van der Waals surface area contributed by atoms with E-state index < -0.39 is 24.1 Å². The number of benzene rings is 1. The van der Waals surface area contributed by atoms with Crippen molar-refractivity contribution >= 4 is 17.8 Å². The van der Waals surface area contributed by atoms with E-state index in [0.29, 0.717) is 32.7 Å². The minimum Gasteiger partial charge on any atom is -0.489 e. The fraction of sp³-hybridized carbons (Fsp3) is 0.645. The third kappa shape index (κ3) is 7.50. The van der Waals surface area contributed by atoms with Crippen molar-refractivity contribution in [2.24, 2.45) is 10.8 Å². The fourth-order valence-electron chi connectivity index (χ4n) is 5.80. The van der Waals surface area contributed by atoms with E-state index in [4.69, 9.17) is 24.1 Å². The lowest BCUT2D eigenvalue weighted by Gasteiger charge is -2.29. The smallest absolute Gasteiger partial charge is 0.407 e. The van der Waals surface area contributed by atoms with E-state index in [-0.39, 0.29) is 35.2 Å². The van der Waals surface area contributed by atoms with Crippen LogP contribution in [-0.2, 0) is 36.9 Å². The van der Waals surface area contributed by atoms with Gasteiger partial charge in [-0.2, -0.15) is 0 Å². The van der Waals surface area contributed by atoms with Crippen molar-refractivity contribution in [2.75, 3.05) is 19.8 Å². The van der Waals surface area contributed by atoms with E-state index in [0.717, 1.165) is 37.1 Å². The van der Waals surface area contributed by atoms with Crippen LogP contribution in [0.1, 0.15) is 64.5 Å². The quantitative estimate of drug-likeness (QED) is 0.233. The van der Waals surface area contributed by atoms with E-state index in [1.807, 2.05) is 39.0 Å². The standard InChI is InChI=1S/C31H43N3O8/c1-19(35)25(30(2,3)4)33-29(38)40-18-31(11-12-31)10-5-6-13-39-24-9-7-8-20-16-34(17-22(20)24)26-28(42-26)41-21-14-23(27(36)37)32-15-21/h5-9,21,23,25-26,28,32H,10-18H2,1-4H3,(H,33,38)(H,36,37). The molecular weight excluding hydrogens is 542 g/mol. The Kier molecular flexibility index (Phi) is 8.94. The van der Waals surface area contributed by atoms with Gasteiger partial charge in [0, 0.05) is 37.0 Å². The van der Waals surface area contributed by atoms with Gasteiger partial charge in [0.15, 0.2) is 18.3 Å². The predicted molar refractivity (Wildman–Crippen MR) is 153 cm³/mol. The molecule has 5 atom stereocenters. The molecule has 3 N–H and O–H groups in total. The van der Waals surface area contributed by atoms with Crippen LogP contribution in [0.15, 0.2) is 30.4 Å². The molecule has 1 saturated carbocycles. The summed E-state index contributed by atoms with van der Waals surface area (Å²) >= 11 is 0. The second kappa shape index (κ2) is 12.3. The molecule has 1 amide bonds. The molecular formula is C31H43N3O8. The summed E-state index contributed by atoms with van der Waals surface area (Å²) in [6.07, 6.45) is 6.12. The number of ether oxygens (including phenoxy) is 4.